The third kappa shape index (κ3) is 23.5. The van der Waals surface area contributed by atoms with Crippen molar-refractivity contribution in [2.45, 2.75) is 132 Å². The second-order valence-corrected chi connectivity index (χ2v) is 23.7. The lowest BCUT2D eigenvalue weighted by Gasteiger charge is -2.41. The number of morpholine rings is 1. The van der Waals surface area contributed by atoms with Crippen molar-refractivity contribution in [1.82, 2.24) is 16.1 Å². The molecule has 0 aromatic heterocycles. The number of amides is 2. The number of nitrogens with two attached hydrogens (primary N) is 2. The normalized spacial score (nSPS) is 16.2. The predicted molar refractivity (Wildman–Crippen MR) is 300 cm³/mol. The molecule has 78 heavy (non-hydrogen) atoms. The van der Waals surface area contributed by atoms with Crippen LogP contribution in [0.15, 0.2) is 90.8 Å². The Morgan fingerprint density at radius 1 is 0.782 bits per heavy atom. The zero-order valence-electron chi connectivity index (χ0n) is 46.3. The molecule has 5 rings (SSSR count). The van der Waals surface area contributed by atoms with E-state index in [0.717, 1.165) is 29.5 Å². The number of ketones is 3. The first-order valence-corrected chi connectivity index (χ1v) is 28.6. The molecule has 7 N–H and O–H groups in total. The minimum Gasteiger partial charge on any atom is -0.748 e. The van der Waals surface area contributed by atoms with E-state index in [-0.39, 0.29) is 92.5 Å². The standard InChI is InChI=1S/C57H80N6O9.CH4O3S.CH4/c1-38(2)28-48(50(65)33-45(30-42-16-12-9-13-17-42)55(68)62-49(29-39(3)4)53(66)57(7)22-23-57)61-54(67)44(20-18-41-14-10-8-11-15-41)32-47(64)36-63(24-26-70-27-25-63)35-43-19-21-51(72-56(69)40(5)6)52(31-43)71-37-46(58)34-60-59;1-5(2,3)4;/h8-17,19,21,31,34,38-40,44-45,48-49,60H,18,20,22-30,32-33,35-37,58-59H2,1-7H3,(H-,61,62,67,68);1H3,(H,2,3,4);1H4/b46-34-;;/t44-,45-,48+,49+;;/m1../s1. The Hall–Kier alpha value is -5.99. The van der Waals surface area contributed by atoms with Gasteiger partial charge in [-0.05, 0) is 86.1 Å². The number of quaternary nitrogens is 1. The third-order valence-corrected chi connectivity index (χ3v) is 13.8. The largest absolute Gasteiger partial charge is 0.748 e. The molecule has 0 radical (unpaired) electrons. The summed E-state index contributed by atoms with van der Waals surface area (Å²) >= 11 is 0. The van der Waals surface area contributed by atoms with E-state index in [0.29, 0.717) is 80.7 Å². The molecule has 4 atom stereocenters. The number of carbonyl (C=O) groups excluding carboxylic acids is 6. The van der Waals surface area contributed by atoms with Crippen molar-refractivity contribution in [3.63, 3.8) is 0 Å². The molecular weight excluding hydrogens is 1020 g/mol. The summed E-state index contributed by atoms with van der Waals surface area (Å²) in [5, 5.41) is 6.18. The van der Waals surface area contributed by atoms with Crippen molar-refractivity contribution >= 4 is 45.3 Å². The van der Waals surface area contributed by atoms with Crippen molar-refractivity contribution < 1.29 is 60.4 Å². The van der Waals surface area contributed by atoms with Crippen LogP contribution in [0.25, 0.3) is 0 Å². The van der Waals surface area contributed by atoms with Gasteiger partial charge in [0.05, 0.1) is 47.0 Å². The van der Waals surface area contributed by atoms with E-state index < -0.39 is 45.4 Å². The van der Waals surface area contributed by atoms with Crippen LogP contribution in [-0.2, 0) is 63.0 Å². The van der Waals surface area contributed by atoms with Crippen LogP contribution in [0.4, 0.5) is 0 Å². The molecule has 19 heteroatoms. The maximum Gasteiger partial charge on any atom is 0.313 e. The van der Waals surface area contributed by atoms with Gasteiger partial charge in [-0.15, -0.1) is 0 Å². The number of hydrazine groups is 1. The van der Waals surface area contributed by atoms with E-state index in [4.69, 9.17) is 38.8 Å². The maximum atomic E-state index is 14.7. The highest BCUT2D eigenvalue weighted by molar-refractivity contribution is 7.84. The van der Waals surface area contributed by atoms with E-state index in [1.807, 2.05) is 101 Å². The number of esters is 1. The number of nitrogens with zero attached hydrogens (tertiary/aromatic N) is 1. The smallest absolute Gasteiger partial charge is 0.313 e. The molecule has 0 unspecified atom stereocenters. The van der Waals surface area contributed by atoms with Crippen LogP contribution in [0.5, 0.6) is 11.5 Å². The molecule has 1 aliphatic heterocycles. The van der Waals surface area contributed by atoms with Gasteiger partial charge in [-0.1, -0.05) is 117 Å². The Labute approximate surface area is 463 Å². The van der Waals surface area contributed by atoms with Crippen molar-refractivity contribution in [2.24, 2.45) is 46.6 Å². The van der Waals surface area contributed by atoms with Gasteiger partial charge in [0.1, 0.15) is 32.8 Å². The van der Waals surface area contributed by atoms with Crippen molar-refractivity contribution in [3.05, 3.63) is 107 Å². The van der Waals surface area contributed by atoms with Crippen LogP contribution in [0.2, 0.25) is 0 Å². The first kappa shape index (κ1) is 66.3. The van der Waals surface area contributed by atoms with E-state index in [2.05, 4.69) is 16.1 Å². The van der Waals surface area contributed by atoms with E-state index in [1.54, 1.807) is 26.0 Å². The Morgan fingerprint density at radius 3 is 1.88 bits per heavy atom. The third-order valence-electron chi connectivity index (χ3n) is 13.8. The van der Waals surface area contributed by atoms with Crippen LogP contribution < -0.4 is 37.1 Å². The molecule has 0 bridgehead atoms. The average Bonchev–Trinajstić information content (AvgIpc) is 4.12. The quantitative estimate of drug-likeness (QED) is 0.0119. The molecule has 3 aromatic carbocycles. The van der Waals surface area contributed by atoms with Gasteiger partial charge in [-0.25, -0.2) is 8.42 Å². The number of hydrogen-bond acceptors (Lipinski definition) is 15. The van der Waals surface area contributed by atoms with Crippen LogP contribution in [0, 0.1) is 35.0 Å². The molecule has 0 spiro atoms. The molecule has 2 amide bonds. The van der Waals surface area contributed by atoms with Gasteiger partial charge < -0.3 is 45.0 Å². The van der Waals surface area contributed by atoms with Crippen LogP contribution in [0.3, 0.4) is 0 Å². The summed E-state index contributed by atoms with van der Waals surface area (Å²) in [5.74, 6) is 2.68. The Kier molecular flexibility index (Phi) is 26.8. The number of carbonyl (C=O) groups is 6. The number of Topliss-reactive ketones (excluding diaryl/α,β-unsaturated/α-hetero) is 3. The summed E-state index contributed by atoms with van der Waals surface area (Å²) in [7, 11) is -3.92. The van der Waals surface area contributed by atoms with Gasteiger partial charge in [-0.3, -0.25) is 34.6 Å². The predicted octanol–water partition coefficient (Wildman–Crippen LogP) is 6.49. The van der Waals surface area contributed by atoms with Crippen LogP contribution in [-0.4, -0.2) is 110 Å². The van der Waals surface area contributed by atoms with Crippen molar-refractivity contribution in [2.75, 3.05) is 45.7 Å². The average molecular weight is 1110 g/mol. The maximum absolute atomic E-state index is 14.7. The molecule has 1 saturated heterocycles. The van der Waals surface area contributed by atoms with Gasteiger partial charge in [0, 0.05) is 48.1 Å². The molecule has 2 fully saturated rings. The zero-order valence-corrected chi connectivity index (χ0v) is 47.2. The van der Waals surface area contributed by atoms with Crippen LogP contribution >= 0.6 is 0 Å². The molecule has 2 aliphatic rings. The topological polar surface area (TPSA) is 275 Å². The Morgan fingerprint density at radius 2 is 1.33 bits per heavy atom. The lowest BCUT2D eigenvalue weighted by atomic mass is 9.87. The Bertz CT molecular complexity index is 2560. The molecule has 1 aliphatic carbocycles. The molecular formula is C59H88N6O12S. The molecule has 1 heterocycles. The van der Waals surface area contributed by atoms with Gasteiger partial charge in [-0.2, -0.15) is 0 Å². The van der Waals surface area contributed by atoms with Crippen molar-refractivity contribution in [1.29, 1.82) is 0 Å². The number of hydrogen-bond donors (Lipinski definition) is 5. The van der Waals surface area contributed by atoms with Gasteiger partial charge in [0.2, 0.25) is 11.8 Å². The number of rotatable bonds is 30. The highest BCUT2D eigenvalue weighted by Crippen LogP contribution is 2.47. The second-order valence-electron chi connectivity index (χ2n) is 22.3. The molecule has 18 nitrogen and oxygen atoms in total. The van der Waals surface area contributed by atoms with Gasteiger partial charge in [0.25, 0.3) is 0 Å². The van der Waals surface area contributed by atoms with E-state index >= 15 is 0 Å². The second kappa shape index (κ2) is 31.6. The van der Waals surface area contributed by atoms with Crippen LogP contribution in [0.1, 0.15) is 118 Å². The summed E-state index contributed by atoms with van der Waals surface area (Å²) in [4.78, 5) is 84.5. The SMILES string of the molecule is C.CC(C)C[C@H](NC(=O)[C@H](CCc1ccccc1)CC(=O)C[N+]1(Cc2ccc(OC(=O)C(C)C)c(OC/C(N)=C/NN)c2)CCOCC1)C(=O)C[C@@H](Cc1ccccc1)C(=O)N[C@@H](CC(C)C)C(=O)C1(C)CC1.CS(=O)(=O)[O-]. The number of aryl methyl sites for hydroxylation is 1. The number of benzene rings is 3. The lowest BCUT2D eigenvalue weighted by Crippen LogP contribution is -2.57. The van der Waals surface area contributed by atoms with Gasteiger partial charge in [0.15, 0.2) is 28.8 Å². The fourth-order valence-electron chi connectivity index (χ4n) is 9.32. The van der Waals surface area contributed by atoms with Gasteiger partial charge >= 0.3 is 5.97 Å². The minimum absolute atomic E-state index is 0. The highest BCUT2D eigenvalue weighted by Gasteiger charge is 2.48. The van der Waals surface area contributed by atoms with E-state index in [9.17, 15) is 28.8 Å². The monoisotopic (exact) mass is 1100 g/mol. The fraction of sp³-hybridized carbons (Fsp3) is 0.559. The van der Waals surface area contributed by atoms with Crippen molar-refractivity contribution in [3.8, 4) is 11.5 Å². The first-order valence-electron chi connectivity index (χ1n) is 26.8. The summed E-state index contributed by atoms with van der Waals surface area (Å²) in [6.45, 7) is 15.9. The summed E-state index contributed by atoms with van der Waals surface area (Å²) in [6.07, 6.45) is 5.41. The lowest BCUT2D eigenvalue weighted by molar-refractivity contribution is -0.940. The molecule has 432 valence electrons. The highest BCUT2D eigenvalue weighted by atomic mass is 32.2. The first-order chi connectivity index (χ1) is 36.3. The summed E-state index contributed by atoms with van der Waals surface area (Å²) in [6, 6.07) is 23.1. The molecule has 1 saturated carbocycles. The fourth-order valence-corrected chi connectivity index (χ4v) is 9.32. The van der Waals surface area contributed by atoms with E-state index in [1.165, 1.54) is 6.20 Å². The number of nitrogens with one attached hydrogen (secondary N) is 3. The zero-order chi connectivity index (χ0) is 56.9. The summed E-state index contributed by atoms with van der Waals surface area (Å²) in [5.41, 5.74) is 11.0. The number of ether oxygens (including phenoxy) is 3. The summed E-state index contributed by atoms with van der Waals surface area (Å²) < 4.78 is 45.1. The Balaban J connectivity index is 0.00000254. The molecule has 3 aromatic rings. The minimum atomic E-state index is -3.92.